The van der Waals surface area contributed by atoms with E-state index in [0.29, 0.717) is 0 Å². The SMILES string of the molecule is OC1B=C1. The number of aliphatic hydroxyl groups excluding tert-OH is 1. The summed E-state index contributed by atoms with van der Waals surface area (Å²) in [5.74, 6) is 1.72. The van der Waals surface area contributed by atoms with Gasteiger partial charge in [0.15, 0.2) is 0 Å². The molecule has 0 aromatic carbocycles. The Morgan fingerprint density at radius 2 is 2.25 bits per heavy atom. The first-order valence-electron chi connectivity index (χ1n) is 1.26. The van der Waals surface area contributed by atoms with Crippen LogP contribution in [0.3, 0.4) is 0 Å². The normalized spacial score (nSPS) is 33.8. The van der Waals surface area contributed by atoms with Crippen LogP contribution < -0.4 is 0 Å². The quantitative estimate of drug-likeness (QED) is 0.345. The molecule has 1 atom stereocenters. The molecule has 1 N–H and O–H groups in total. The van der Waals surface area contributed by atoms with Gasteiger partial charge >= 0.3 is 24.0 Å². The van der Waals surface area contributed by atoms with Crippen LogP contribution >= 0.6 is 0 Å². The maximum atomic E-state index is 8.06. The van der Waals surface area contributed by atoms with Crippen LogP contribution in [0.1, 0.15) is 0 Å². The average molecular weight is 53.9 g/mol. The second-order valence-corrected chi connectivity index (χ2v) is 0.875. The third-order valence-electron chi connectivity index (χ3n) is 0.365. The van der Waals surface area contributed by atoms with E-state index in [9.17, 15) is 0 Å². The van der Waals surface area contributed by atoms with Gasteiger partial charge in [-0.25, -0.2) is 0 Å². The van der Waals surface area contributed by atoms with Crippen LogP contribution in [0, 0.1) is 0 Å². The van der Waals surface area contributed by atoms with Crippen molar-refractivity contribution in [3.05, 3.63) is 0 Å². The van der Waals surface area contributed by atoms with E-state index in [0.717, 1.165) is 0 Å². The summed E-state index contributed by atoms with van der Waals surface area (Å²) in [6, 6.07) is -0.167. The topological polar surface area (TPSA) is 20.2 Å². The molecule has 0 fully saturated rings. The summed E-state index contributed by atoms with van der Waals surface area (Å²) in [5.41, 5.74) is 0. The molecule has 1 aliphatic heterocycles. The van der Waals surface area contributed by atoms with E-state index in [2.05, 4.69) is 0 Å². The second-order valence-electron chi connectivity index (χ2n) is 0.875. The fourth-order valence-electron chi connectivity index (χ4n) is 0.0497. The van der Waals surface area contributed by atoms with Crippen LogP contribution in [0.25, 0.3) is 0 Å². The van der Waals surface area contributed by atoms with Crippen molar-refractivity contribution in [3.63, 3.8) is 0 Å². The predicted octanol–water partition coefficient (Wildman–Crippen LogP) is -1.18. The zero-order valence-corrected chi connectivity index (χ0v) is 2.18. The van der Waals surface area contributed by atoms with Gasteiger partial charge in [0.2, 0.25) is 0 Å². The molecule has 0 saturated carbocycles. The molecule has 1 nitrogen and oxygen atoms in total. The first-order valence-corrected chi connectivity index (χ1v) is 1.26. The second kappa shape index (κ2) is 0.434. The van der Waals surface area contributed by atoms with E-state index in [1.54, 1.807) is 12.9 Å². The number of rotatable bonds is 0. The molecule has 1 aliphatic rings. The third kappa shape index (κ3) is 0.181. The van der Waals surface area contributed by atoms with Crippen molar-refractivity contribution in [1.29, 1.82) is 0 Å². The van der Waals surface area contributed by atoms with Crippen molar-refractivity contribution in [2.75, 3.05) is 0 Å². The molecule has 20 valence electrons. The van der Waals surface area contributed by atoms with Gasteiger partial charge in [-0.1, -0.05) is 0 Å². The van der Waals surface area contributed by atoms with E-state index in [1.165, 1.54) is 0 Å². The van der Waals surface area contributed by atoms with E-state index in [4.69, 9.17) is 5.11 Å². The van der Waals surface area contributed by atoms with Crippen molar-refractivity contribution < 1.29 is 5.11 Å². The third-order valence-corrected chi connectivity index (χ3v) is 0.365. The van der Waals surface area contributed by atoms with Gasteiger partial charge < -0.3 is 0 Å². The molecule has 0 spiro atoms. The zero-order chi connectivity index (χ0) is 2.99. The van der Waals surface area contributed by atoms with Gasteiger partial charge in [-0.05, 0) is 0 Å². The minimum atomic E-state index is -0.167. The van der Waals surface area contributed by atoms with E-state index < -0.39 is 0 Å². The fraction of sp³-hybridized carbons (Fsp3) is 0.500. The van der Waals surface area contributed by atoms with Crippen molar-refractivity contribution in [1.82, 2.24) is 0 Å². The van der Waals surface area contributed by atoms with Crippen LogP contribution in [0.15, 0.2) is 0 Å². The van der Waals surface area contributed by atoms with E-state index in [-0.39, 0.29) is 6.00 Å². The number of aliphatic hydroxyl groups is 1. The average Bonchev–Trinajstić information content (AvgIpc) is 1.75. The predicted molar refractivity (Wildman–Crippen MR) is 17.8 cm³/mol. The Morgan fingerprint density at radius 1 is 2.00 bits per heavy atom. The summed E-state index contributed by atoms with van der Waals surface area (Å²) in [4.78, 5) is 0. The van der Waals surface area contributed by atoms with Crippen molar-refractivity contribution in [2.24, 2.45) is 0 Å². The Bertz CT molecular complexity index is 44.0. The standard InChI is InChI=1S/C2H3BO/c4-2-1-3-2/h1-2,4H. The molecule has 2 heteroatoms. The van der Waals surface area contributed by atoms with Crippen LogP contribution in [-0.2, 0) is 0 Å². The first-order chi connectivity index (χ1) is 1.89. The van der Waals surface area contributed by atoms with Gasteiger partial charge in [-0.15, -0.1) is 0 Å². The monoisotopic (exact) mass is 54.0 g/mol. The van der Waals surface area contributed by atoms with Crippen molar-refractivity contribution in [2.45, 2.75) is 6.00 Å². The molecule has 1 heterocycles. The van der Waals surface area contributed by atoms with Crippen molar-refractivity contribution in [3.8, 4) is 0 Å². The molecular weight excluding hydrogens is 50.8 g/mol. The number of hydrogen-bond donors (Lipinski definition) is 1. The molecule has 0 bridgehead atoms. The molecule has 1 unspecified atom stereocenters. The van der Waals surface area contributed by atoms with E-state index >= 15 is 0 Å². The molecular formula is C2H3BO. The van der Waals surface area contributed by atoms with Crippen LogP contribution in [0.2, 0.25) is 0 Å². The Kier molecular flexibility index (Phi) is 0.233. The maximum absolute atomic E-state index is 8.06. The Balaban J connectivity index is 2.32. The summed E-state index contributed by atoms with van der Waals surface area (Å²) >= 11 is 0. The summed E-state index contributed by atoms with van der Waals surface area (Å²) < 4.78 is 0. The van der Waals surface area contributed by atoms with Crippen LogP contribution in [0.5, 0.6) is 0 Å². The zero-order valence-electron chi connectivity index (χ0n) is 2.18. The summed E-state index contributed by atoms with van der Waals surface area (Å²) in [6.07, 6.45) is 0. The molecule has 0 radical (unpaired) electrons. The van der Waals surface area contributed by atoms with Crippen LogP contribution in [0.4, 0.5) is 0 Å². The number of hydrogen-bond acceptors (Lipinski definition) is 1. The first kappa shape index (κ1) is 2.15. The van der Waals surface area contributed by atoms with Gasteiger partial charge in [0.25, 0.3) is 0 Å². The Labute approximate surface area is 25.2 Å². The molecule has 0 aromatic heterocycles. The fourth-order valence-corrected chi connectivity index (χ4v) is 0.0497. The molecule has 0 saturated heterocycles. The Hall–Kier alpha value is -0.105. The van der Waals surface area contributed by atoms with Gasteiger partial charge in [0.05, 0.1) is 0 Å². The van der Waals surface area contributed by atoms with Gasteiger partial charge in [-0.2, -0.15) is 0 Å². The molecule has 4 heavy (non-hydrogen) atoms. The minimum absolute atomic E-state index is 0.167. The molecule has 0 aromatic rings. The van der Waals surface area contributed by atoms with Gasteiger partial charge in [0, 0.05) is 0 Å². The molecule has 1 rings (SSSR count). The van der Waals surface area contributed by atoms with E-state index in [1.807, 2.05) is 0 Å². The Morgan fingerprint density at radius 3 is 2.25 bits per heavy atom. The molecule has 0 amide bonds. The molecule has 0 aliphatic carbocycles. The van der Waals surface area contributed by atoms with Gasteiger partial charge in [0.1, 0.15) is 0 Å². The van der Waals surface area contributed by atoms with Crippen molar-refractivity contribution >= 4 is 12.9 Å². The summed E-state index contributed by atoms with van der Waals surface area (Å²) in [7, 11) is 0. The summed E-state index contributed by atoms with van der Waals surface area (Å²) in [6.45, 7) is 1.72. The summed E-state index contributed by atoms with van der Waals surface area (Å²) in [5, 5.41) is 8.06. The van der Waals surface area contributed by atoms with Crippen LogP contribution in [-0.4, -0.2) is 24.0 Å². The van der Waals surface area contributed by atoms with Gasteiger partial charge in [-0.3, -0.25) is 0 Å².